The van der Waals surface area contributed by atoms with E-state index in [1.54, 1.807) is 20.8 Å². The SMILES string of the molecule is COc1cc(OC(=O)C(C)(C)C)cc(C(OC)P(=O)(O)O)c1. The lowest BCUT2D eigenvalue weighted by molar-refractivity contribution is -0.143. The monoisotopic (exact) mass is 332 g/mol. The number of esters is 1. The molecule has 1 aromatic carbocycles. The highest BCUT2D eigenvalue weighted by Crippen LogP contribution is 2.53. The van der Waals surface area contributed by atoms with Crippen molar-refractivity contribution in [1.82, 2.24) is 0 Å². The quantitative estimate of drug-likeness (QED) is 0.485. The van der Waals surface area contributed by atoms with E-state index in [-0.39, 0.29) is 11.3 Å². The van der Waals surface area contributed by atoms with E-state index in [9.17, 15) is 19.1 Å². The first-order chi connectivity index (χ1) is 9.98. The lowest BCUT2D eigenvalue weighted by atomic mass is 9.97. The molecule has 2 N–H and O–H groups in total. The molecule has 1 rings (SSSR count). The van der Waals surface area contributed by atoms with Crippen molar-refractivity contribution in [3.05, 3.63) is 23.8 Å². The Kier molecular flexibility index (Phi) is 5.76. The molecule has 0 radical (unpaired) electrons. The Labute approximate surface area is 129 Å². The summed E-state index contributed by atoms with van der Waals surface area (Å²) in [5.41, 5.74) is -0.556. The highest BCUT2D eigenvalue weighted by atomic mass is 31.2. The fraction of sp³-hybridized carbons (Fsp3) is 0.500. The Morgan fingerprint density at radius 1 is 1.14 bits per heavy atom. The molecule has 0 fully saturated rings. The van der Waals surface area contributed by atoms with Crippen LogP contribution in [0.3, 0.4) is 0 Å². The maximum Gasteiger partial charge on any atom is 0.358 e. The molecule has 7 nitrogen and oxygen atoms in total. The zero-order chi connectivity index (χ0) is 17.1. The number of rotatable bonds is 5. The van der Waals surface area contributed by atoms with Gasteiger partial charge in [0.1, 0.15) is 11.5 Å². The fourth-order valence-corrected chi connectivity index (χ4v) is 2.45. The molecule has 0 aliphatic heterocycles. The van der Waals surface area contributed by atoms with Crippen LogP contribution in [-0.4, -0.2) is 30.0 Å². The lowest BCUT2D eigenvalue weighted by Gasteiger charge is -2.20. The van der Waals surface area contributed by atoms with Crippen LogP contribution in [0.2, 0.25) is 0 Å². The zero-order valence-electron chi connectivity index (χ0n) is 13.2. The molecule has 0 bridgehead atoms. The number of hydrogen-bond acceptors (Lipinski definition) is 5. The van der Waals surface area contributed by atoms with E-state index in [1.807, 2.05) is 0 Å². The highest BCUT2D eigenvalue weighted by molar-refractivity contribution is 7.52. The van der Waals surface area contributed by atoms with E-state index in [2.05, 4.69) is 0 Å². The predicted molar refractivity (Wildman–Crippen MR) is 79.9 cm³/mol. The van der Waals surface area contributed by atoms with E-state index in [1.165, 1.54) is 32.4 Å². The fourth-order valence-electron chi connectivity index (χ4n) is 1.64. The number of ether oxygens (including phenoxy) is 3. The van der Waals surface area contributed by atoms with Crippen LogP contribution in [0.5, 0.6) is 11.5 Å². The molecule has 0 spiro atoms. The maximum atomic E-state index is 11.9. The summed E-state index contributed by atoms with van der Waals surface area (Å²) in [4.78, 5) is 30.6. The Morgan fingerprint density at radius 2 is 1.68 bits per heavy atom. The van der Waals surface area contributed by atoms with Crippen molar-refractivity contribution >= 4 is 13.6 Å². The van der Waals surface area contributed by atoms with E-state index in [4.69, 9.17) is 14.2 Å². The van der Waals surface area contributed by atoms with Gasteiger partial charge in [0.25, 0.3) is 0 Å². The van der Waals surface area contributed by atoms with Gasteiger partial charge in [-0.3, -0.25) is 9.36 Å². The normalized spacial score (nSPS) is 13.6. The zero-order valence-corrected chi connectivity index (χ0v) is 14.1. The van der Waals surface area contributed by atoms with Crippen LogP contribution in [0.15, 0.2) is 18.2 Å². The third kappa shape index (κ3) is 4.81. The molecule has 0 aliphatic rings. The number of carbonyl (C=O) groups is 1. The van der Waals surface area contributed by atoms with Gasteiger partial charge in [0.2, 0.25) is 0 Å². The van der Waals surface area contributed by atoms with Gasteiger partial charge in [-0.05, 0) is 32.9 Å². The summed E-state index contributed by atoms with van der Waals surface area (Å²) < 4.78 is 26.7. The van der Waals surface area contributed by atoms with Crippen LogP contribution in [-0.2, 0) is 14.1 Å². The average Bonchev–Trinajstić information content (AvgIpc) is 2.36. The third-order valence-electron chi connectivity index (χ3n) is 2.77. The second kappa shape index (κ2) is 6.79. The summed E-state index contributed by atoms with van der Waals surface area (Å²) in [6, 6.07) is 4.22. The van der Waals surface area contributed by atoms with E-state index in [0.717, 1.165) is 0 Å². The van der Waals surface area contributed by atoms with Crippen LogP contribution in [0, 0.1) is 5.41 Å². The lowest BCUT2D eigenvalue weighted by Crippen LogP contribution is -2.25. The van der Waals surface area contributed by atoms with E-state index >= 15 is 0 Å². The molecule has 0 amide bonds. The average molecular weight is 332 g/mol. The van der Waals surface area contributed by atoms with E-state index in [0.29, 0.717) is 5.75 Å². The van der Waals surface area contributed by atoms with Crippen LogP contribution in [0.1, 0.15) is 32.2 Å². The molecule has 124 valence electrons. The molecule has 8 heteroatoms. The molecule has 0 heterocycles. The number of hydrogen-bond donors (Lipinski definition) is 2. The van der Waals surface area contributed by atoms with Crippen LogP contribution < -0.4 is 9.47 Å². The van der Waals surface area contributed by atoms with Crippen molar-refractivity contribution in [1.29, 1.82) is 0 Å². The largest absolute Gasteiger partial charge is 0.497 e. The second-order valence-corrected chi connectivity index (χ2v) is 7.41. The summed E-state index contributed by atoms with van der Waals surface area (Å²) in [5, 5.41) is 0. The van der Waals surface area contributed by atoms with Gasteiger partial charge >= 0.3 is 13.6 Å². The van der Waals surface area contributed by atoms with Gasteiger partial charge in [-0.25, -0.2) is 0 Å². The molecule has 22 heavy (non-hydrogen) atoms. The van der Waals surface area contributed by atoms with Crippen molar-refractivity contribution in [2.75, 3.05) is 14.2 Å². The number of carbonyl (C=O) groups excluding carboxylic acids is 1. The summed E-state index contributed by atoms with van der Waals surface area (Å²) in [5.74, 6) is -1.51. The van der Waals surface area contributed by atoms with Crippen LogP contribution in [0.4, 0.5) is 0 Å². The molecule has 0 saturated carbocycles. The minimum atomic E-state index is -4.53. The standard InChI is InChI=1S/C14H21O7P/c1-14(2,3)13(15)21-11-7-9(6-10(8-11)19-4)12(20-5)22(16,17)18/h6-8,12H,1-5H3,(H2,16,17,18). The molecule has 0 aliphatic carbocycles. The Bertz CT molecular complexity index is 585. The third-order valence-corrected chi connectivity index (χ3v) is 3.89. The highest BCUT2D eigenvalue weighted by Gasteiger charge is 2.32. The molecule has 1 unspecified atom stereocenters. The van der Waals surface area contributed by atoms with Gasteiger partial charge in [0.15, 0.2) is 5.85 Å². The van der Waals surface area contributed by atoms with Gasteiger partial charge in [-0.2, -0.15) is 0 Å². The Balaban J connectivity index is 3.24. The number of benzene rings is 1. The molecule has 1 atom stereocenters. The summed E-state index contributed by atoms with van der Waals surface area (Å²) >= 11 is 0. The first-order valence-electron chi connectivity index (χ1n) is 6.48. The van der Waals surface area contributed by atoms with Crippen LogP contribution in [0.25, 0.3) is 0 Å². The van der Waals surface area contributed by atoms with Crippen LogP contribution >= 0.6 is 7.60 Å². The van der Waals surface area contributed by atoms with E-state index < -0.39 is 24.8 Å². The van der Waals surface area contributed by atoms with Gasteiger partial charge in [0.05, 0.1) is 12.5 Å². The Hall–Kier alpha value is -1.40. The van der Waals surface area contributed by atoms with Crippen molar-refractivity contribution in [2.45, 2.75) is 26.6 Å². The van der Waals surface area contributed by atoms with Gasteiger partial charge in [-0.15, -0.1) is 0 Å². The first-order valence-corrected chi connectivity index (χ1v) is 8.16. The Morgan fingerprint density at radius 3 is 2.09 bits per heavy atom. The van der Waals surface area contributed by atoms with Gasteiger partial charge in [-0.1, -0.05) is 0 Å². The molecular formula is C14H21O7P. The minimum absolute atomic E-state index is 0.129. The van der Waals surface area contributed by atoms with Crippen molar-refractivity contribution < 1.29 is 33.4 Å². The predicted octanol–water partition coefficient (Wildman–Crippen LogP) is 2.47. The topological polar surface area (TPSA) is 102 Å². The summed E-state index contributed by atoms with van der Waals surface area (Å²) in [6.07, 6.45) is 0. The molecule has 0 aromatic heterocycles. The van der Waals surface area contributed by atoms with Crippen molar-refractivity contribution in [3.63, 3.8) is 0 Å². The first kappa shape index (κ1) is 18.6. The molecule has 0 saturated heterocycles. The smallest absolute Gasteiger partial charge is 0.358 e. The minimum Gasteiger partial charge on any atom is -0.497 e. The van der Waals surface area contributed by atoms with Gasteiger partial charge < -0.3 is 24.0 Å². The second-order valence-electron chi connectivity index (χ2n) is 5.76. The maximum absolute atomic E-state index is 11.9. The molecule has 1 aromatic rings. The molecular weight excluding hydrogens is 311 g/mol. The van der Waals surface area contributed by atoms with Crippen molar-refractivity contribution in [2.24, 2.45) is 5.41 Å². The summed E-state index contributed by atoms with van der Waals surface area (Å²) in [7, 11) is -1.95. The van der Waals surface area contributed by atoms with Crippen molar-refractivity contribution in [3.8, 4) is 11.5 Å². The van der Waals surface area contributed by atoms with Gasteiger partial charge in [0, 0.05) is 18.7 Å². The number of methoxy groups -OCH3 is 2. The summed E-state index contributed by atoms with van der Waals surface area (Å²) in [6.45, 7) is 5.10.